The van der Waals surface area contributed by atoms with E-state index in [1.807, 2.05) is 30.9 Å². The van der Waals surface area contributed by atoms with Crippen LogP contribution in [0.3, 0.4) is 0 Å². The van der Waals surface area contributed by atoms with Gasteiger partial charge in [-0.1, -0.05) is 12.1 Å². The molecule has 1 N–H and O–H groups in total. The molecule has 1 aliphatic rings. The Labute approximate surface area is 149 Å². The van der Waals surface area contributed by atoms with E-state index in [0.717, 1.165) is 35.3 Å². The summed E-state index contributed by atoms with van der Waals surface area (Å²) >= 11 is 0. The molecule has 0 saturated carbocycles. The maximum atomic E-state index is 11.9. The Hall–Kier alpha value is -1.63. The normalized spacial score (nSPS) is 17.4. The van der Waals surface area contributed by atoms with E-state index in [0.29, 0.717) is 26.3 Å². The summed E-state index contributed by atoms with van der Waals surface area (Å²) < 4.78 is 16.2. The lowest BCUT2D eigenvalue weighted by atomic mass is 9.96. The van der Waals surface area contributed by atoms with E-state index in [9.17, 15) is 9.90 Å². The van der Waals surface area contributed by atoms with Crippen molar-refractivity contribution >= 4 is 5.97 Å². The number of methoxy groups -OCH3 is 2. The number of aryl methyl sites for hydroxylation is 2. The Morgan fingerprint density at radius 3 is 2.28 bits per heavy atom. The lowest BCUT2D eigenvalue weighted by Gasteiger charge is -2.36. The monoisotopic (exact) mass is 351 g/mol. The van der Waals surface area contributed by atoms with Gasteiger partial charge in [0.1, 0.15) is 11.8 Å². The van der Waals surface area contributed by atoms with Gasteiger partial charge in [0.05, 0.1) is 26.4 Å². The van der Waals surface area contributed by atoms with Crippen LogP contribution in [0.1, 0.15) is 35.6 Å². The SMILES string of the molecule is COCCOC1CCN([C@H](C(=O)O)c2cc(C)c(OC)c(C)c2)CC1. The lowest BCUT2D eigenvalue weighted by molar-refractivity contribution is -0.145. The third kappa shape index (κ3) is 4.93. The summed E-state index contributed by atoms with van der Waals surface area (Å²) in [5, 5.41) is 9.81. The highest BCUT2D eigenvalue weighted by Gasteiger charge is 2.31. The second-order valence-electron chi connectivity index (χ2n) is 6.53. The molecule has 0 bridgehead atoms. The highest BCUT2D eigenvalue weighted by Crippen LogP contribution is 2.31. The van der Waals surface area contributed by atoms with Gasteiger partial charge in [-0.15, -0.1) is 0 Å². The van der Waals surface area contributed by atoms with Crippen LogP contribution in [0.2, 0.25) is 0 Å². The quantitative estimate of drug-likeness (QED) is 0.726. The number of rotatable bonds is 8. The molecule has 0 spiro atoms. The molecule has 1 aromatic carbocycles. The van der Waals surface area contributed by atoms with Crippen molar-refractivity contribution in [3.05, 3.63) is 28.8 Å². The number of piperidine rings is 1. The zero-order valence-electron chi connectivity index (χ0n) is 15.6. The second kappa shape index (κ2) is 9.17. The molecule has 0 amide bonds. The van der Waals surface area contributed by atoms with Gasteiger partial charge in [0.15, 0.2) is 0 Å². The van der Waals surface area contributed by atoms with Crippen molar-refractivity contribution in [1.82, 2.24) is 4.90 Å². The van der Waals surface area contributed by atoms with Crippen molar-refractivity contribution < 1.29 is 24.1 Å². The number of nitrogens with zero attached hydrogens (tertiary/aromatic N) is 1. The van der Waals surface area contributed by atoms with Crippen LogP contribution in [-0.2, 0) is 14.3 Å². The average Bonchev–Trinajstić information content (AvgIpc) is 2.56. The number of carbonyl (C=O) groups is 1. The molecule has 0 aromatic heterocycles. The van der Waals surface area contributed by atoms with Gasteiger partial charge in [0, 0.05) is 20.2 Å². The maximum Gasteiger partial charge on any atom is 0.325 e. The Morgan fingerprint density at radius 2 is 1.80 bits per heavy atom. The fourth-order valence-corrected chi connectivity index (χ4v) is 3.57. The Bertz CT molecular complexity index is 558. The molecule has 1 heterocycles. The van der Waals surface area contributed by atoms with Crippen molar-refractivity contribution in [3.63, 3.8) is 0 Å². The Kier molecular flexibility index (Phi) is 7.23. The fraction of sp³-hybridized carbons (Fsp3) is 0.632. The summed E-state index contributed by atoms with van der Waals surface area (Å²) in [4.78, 5) is 14.0. The van der Waals surface area contributed by atoms with Gasteiger partial charge in [0.2, 0.25) is 0 Å². The van der Waals surface area contributed by atoms with E-state index in [4.69, 9.17) is 14.2 Å². The molecule has 140 valence electrons. The largest absolute Gasteiger partial charge is 0.496 e. The average molecular weight is 351 g/mol. The van der Waals surface area contributed by atoms with Crippen LogP contribution in [0.4, 0.5) is 0 Å². The number of likely N-dealkylation sites (tertiary alicyclic amines) is 1. The van der Waals surface area contributed by atoms with E-state index < -0.39 is 12.0 Å². The van der Waals surface area contributed by atoms with Gasteiger partial charge in [0.25, 0.3) is 0 Å². The first-order chi connectivity index (χ1) is 12.0. The predicted molar refractivity (Wildman–Crippen MR) is 95.3 cm³/mol. The molecular weight excluding hydrogens is 322 g/mol. The van der Waals surface area contributed by atoms with Crippen molar-refractivity contribution in [3.8, 4) is 5.75 Å². The van der Waals surface area contributed by atoms with Gasteiger partial charge in [-0.2, -0.15) is 0 Å². The van der Waals surface area contributed by atoms with Crippen LogP contribution < -0.4 is 4.74 Å². The highest BCUT2D eigenvalue weighted by atomic mass is 16.5. The summed E-state index contributed by atoms with van der Waals surface area (Å²) in [5.74, 6) is 0.000795. The number of carboxylic acids is 1. The number of aliphatic carboxylic acids is 1. The van der Waals surface area contributed by atoms with Crippen LogP contribution in [-0.4, -0.2) is 62.6 Å². The zero-order valence-corrected chi connectivity index (χ0v) is 15.6. The molecule has 0 unspecified atom stereocenters. The van der Waals surface area contributed by atoms with Crippen LogP contribution in [0, 0.1) is 13.8 Å². The zero-order chi connectivity index (χ0) is 18.4. The molecule has 1 atom stereocenters. The van der Waals surface area contributed by atoms with E-state index >= 15 is 0 Å². The van der Waals surface area contributed by atoms with Crippen molar-refractivity contribution in [1.29, 1.82) is 0 Å². The molecule has 1 saturated heterocycles. The maximum absolute atomic E-state index is 11.9. The fourth-order valence-electron chi connectivity index (χ4n) is 3.57. The smallest absolute Gasteiger partial charge is 0.325 e. The molecule has 1 fully saturated rings. The lowest BCUT2D eigenvalue weighted by Crippen LogP contribution is -2.42. The van der Waals surface area contributed by atoms with Crippen LogP contribution in [0.25, 0.3) is 0 Å². The van der Waals surface area contributed by atoms with Gasteiger partial charge < -0.3 is 19.3 Å². The summed E-state index contributed by atoms with van der Waals surface area (Å²) in [6, 6.07) is 3.21. The first-order valence-corrected chi connectivity index (χ1v) is 8.70. The van der Waals surface area contributed by atoms with Crippen molar-refractivity contribution in [2.24, 2.45) is 0 Å². The second-order valence-corrected chi connectivity index (χ2v) is 6.53. The Balaban J connectivity index is 2.09. The number of hydrogen-bond donors (Lipinski definition) is 1. The van der Waals surface area contributed by atoms with Crippen LogP contribution >= 0.6 is 0 Å². The molecule has 0 radical (unpaired) electrons. The minimum Gasteiger partial charge on any atom is -0.496 e. The topological polar surface area (TPSA) is 68.2 Å². The van der Waals surface area contributed by atoms with Crippen LogP contribution in [0.15, 0.2) is 12.1 Å². The molecule has 6 heteroatoms. The van der Waals surface area contributed by atoms with E-state index in [1.54, 1.807) is 14.2 Å². The predicted octanol–water partition coefficient (Wildman–Crippen LogP) is 2.57. The highest BCUT2D eigenvalue weighted by molar-refractivity contribution is 5.76. The summed E-state index contributed by atoms with van der Waals surface area (Å²) in [5.41, 5.74) is 2.73. The van der Waals surface area contributed by atoms with Gasteiger partial charge >= 0.3 is 5.97 Å². The van der Waals surface area contributed by atoms with Gasteiger partial charge in [-0.05, 0) is 43.4 Å². The van der Waals surface area contributed by atoms with E-state index in [1.165, 1.54) is 0 Å². The number of carboxylic acid groups (broad SMARTS) is 1. The van der Waals surface area contributed by atoms with Gasteiger partial charge in [-0.25, -0.2) is 0 Å². The molecular formula is C19H29NO5. The summed E-state index contributed by atoms with van der Waals surface area (Å²) in [6.45, 7) is 6.48. The van der Waals surface area contributed by atoms with Crippen molar-refractivity contribution in [2.45, 2.75) is 38.8 Å². The Morgan fingerprint density at radius 1 is 1.20 bits per heavy atom. The summed E-state index contributed by atoms with van der Waals surface area (Å²) in [6.07, 6.45) is 1.85. The summed E-state index contributed by atoms with van der Waals surface area (Å²) in [7, 11) is 3.29. The van der Waals surface area contributed by atoms with Crippen LogP contribution in [0.5, 0.6) is 5.75 Å². The molecule has 0 aliphatic carbocycles. The molecule has 2 rings (SSSR count). The number of ether oxygens (including phenoxy) is 3. The molecule has 6 nitrogen and oxygen atoms in total. The first-order valence-electron chi connectivity index (χ1n) is 8.70. The van der Waals surface area contributed by atoms with Crippen molar-refractivity contribution in [2.75, 3.05) is 40.5 Å². The van der Waals surface area contributed by atoms with E-state index in [2.05, 4.69) is 0 Å². The first kappa shape index (κ1) is 19.7. The molecule has 1 aliphatic heterocycles. The number of benzene rings is 1. The van der Waals surface area contributed by atoms with Gasteiger partial charge in [-0.3, -0.25) is 9.69 Å². The third-order valence-corrected chi connectivity index (χ3v) is 4.72. The molecule has 1 aromatic rings. The minimum absolute atomic E-state index is 0.181. The molecule has 25 heavy (non-hydrogen) atoms. The third-order valence-electron chi connectivity index (χ3n) is 4.72. The number of hydrogen-bond acceptors (Lipinski definition) is 5. The van der Waals surface area contributed by atoms with E-state index in [-0.39, 0.29) is 6.10 Å². The standard InChI is InChI=1S/C19H29NO5/c1-13-11-15(12-14(2)18(13)24-4)17(19(21)22)20-7-5-16(6-8-20)25-10-9-23-3/h11-12,16-17H,5-10H2,1-4H3,(H,21,22)/t17-/m0/s1. The minimum atomic E-state index is -0.817.